The molecule has 0 radical (unpaired) electrons. The maximum absolute atomic E-state index is 12.2. The van der Waals surface area contributed by atoms with Crippen LogP contribution in [0, 0.1) is 6.92 Å². The van der Waals surface area contributed by atoms with Crippen LogP contribution in [-0.4, -0.2) is 63.9 Å². The molecule has 0 amide bonds. The monoisotopic (exact) mass is 375 g/mol. The number of anilines is 1. The van der Waals surface area contributed by atoms with Crippen molar-refractivity contribution in [3.8, 4) is 0 Å². The normalized spacial score (nSPS) is 12.8. The van der Waals surface area contributed by atoms with Gasteiger partial charge in [-0.2, -0.15) is 18.3 Å². The predicted octanol–water partition coefficient (Wildman–Crippen LogP) is 2.27. The van der Waals surface area contributed by atoms with Gasteiger partial charge in [0.2, 0.25) is 0 Å². The van der Waals surface area contributed by atoms with Crippen molar-refractivity contribution in [3.63, 3.8) is 0 Å². The molecule has 0 aliphatic heterocycles. The lowest BCUT2D eigenvalue weighted by Gasteiger charge is -2.24. The van der Waals surface area contributed by atoms with Crippen molar-refractivity contribution in [2.45, 2.75) is 39.4 Å². The van der Waals surface area contributed by atoms with E-state index < -0.39 is 12.8 Å². The molecule has 0 aromatic carbocycles. The van der Waals surface area contributed by atoms with Crippen LogP contribution < -0.4 is 4.90 Å². The van der Waals surface area contributed by atoms with Crippen molar-refractivity contribution in [2.75, 3.05) is 37.8 Å². The van der Waals surface area contributed by atoms with Gasteiger partial charge in [-0.25, -0.2) is 14.6 Å². The lowest BCUT2D eigenvalue weighted by Crippen LogP contribution is -2.32. The minimum Gasteiger partial charge on any atom is -0.395 e. The first-order valence-corrected chi connectivity index (χ1v) is 8.26. The lowest BCUT2D eigenvalue weighted by atomic mass is 10.1. The number of aliphatic hydroxyl groups excluding tert-OH is 1. The highest BCUT2D eigenvalue weighted by Crippen LogP contribution is 2.27. The summed E-state index contributed by atoms with van der Waals surface area (Å²) in [6.45, 7) is 6.46. The van der Waals surface area contributed by atoms with E-state index >= 15 is 0 Å². The van der Waals surface area contributed by atoms with Gasteiger partial charge in [0.15, 0.2) is 5.65 Å². The van der Waals surface area contributed by atoms with E-state index in [0.717, 1.165) is 0 Å². The third-order valence-corrected chi connectivity index (χ3v) is 3.60. The fourth-order valence-corrected chi connectivity index (χ4v) is 2.54. The van der Waals surface area contributed by atoms with E-state index in [1.807, 2.05) is 20.8 Å². The van der Waals surface area contributed by atoms with Crippen LogP contribution in [-0.2, 0) is 10.3 Å². The number of nitrogens with zero attached hydrogens (tertiary/aromatic N) is 5. The van der Waals surface area contributed by atoms with E-state index in [9.17, 15) is 18.3 Å². The number of aryl methyl sites for hydroxylation is 1. The molecule has 7 nitrogen and oxygen atoms in total. The van der Waals surface area contributed by atoms with E-state index in [-0.39, 0.29) is 31.8 Å². The highest BCUT2D eigenvalue weighted by molar-refractivity contribution is 5.87. The van der Waals surface area contributed by atoms with E-state index in [4.69, 9.17) is 0 Å². The highest BCUT2D eigenvalue weighted by Gasteiger charge is 2.27. The molecule has 146 valence electrons. The largest absolute Gasteiger partial charge is 0.411 e. The molecule has 0 saturated carbocycles. The summed E-state index contributed by atoms with van der Waals surface area (Å²) in [4.78, 5) is 10.6. The Labute approximate surface area is 149 Å². The van der Waals surface area contributed by atoms with Crippen LogP contribution in [0.2, 0.25) is 0 Å². The number of rotatable bonds is 7. The summed E-state index contributed by atoms with van der Waals surface area (Å²) < 4.78 is 43.1. The van der Waals surface area contributed by atoms with Gasteiger partial charge in [0.05, 0.1) is 30.3 Å². The number of ether oxygens (including phenoxy) is 1. The van der Waals surface area contributed by atoms with Crippen LogP contribution in [0.15, 0.2) is 6.20 Å². The quantitative estimate of drug-likeness (QED) is 0.748. The van der Waals surface area contributed by atoms with Crippen LogP contribution in [0.4, 0.5) is 19.0 Å². The number of aromatic nitrogens is 4. The zero-order valence-corrected chi connectivity index (χ0v) is 15.3. The number of hydrogen-bond donors (Lipinski definition) is 1. The Morgan fingerprint density at radius 1 is 1.19 bits per heavy atom. The summed E-state index contributed by atoms with van der Waals surface area (Å²) >= 11 is 0. The minimum absolute atomic E-state index is 0.141. The molecule has 2 rings (SSSR count). The molecule has 0 spiro atoms. The van der Waals surface area contributed by atoms with Gasteiger partial charge < -0.3 is 14.7 Å². The average molecular weight is 375 g/mol. The second-order valence-corrected chi connectivity index (χ2v) is 6.94. The Kier molecular flexibility index (Phi) is 6.07. The molecular formula is C16H24F3N5O2. The Morgan fingerprint density at radius 2 is 1.88 bits per heavy atom. The smallest absolute Gasteiger partial charge is 0.395 e. The van der Waals surface area contributed by atoms with E-state index in [1.165, 1.54) is 0 Å². The molecule has 0 fully saturated rings. The molecular weight excluding hydrogens is 351 g/mol. The zero-order valence-electron chi connectivity index (χ0n) is 15.3. The predicted molar refractivity (Wildman–Crippen MR) is 91.2 cm³/mol. The van der Waals surface area contributed by atoms with E-state index in [2.05, 4.69) is 19.8 Å². The molecule has 0 aliphatic rings. The van der Waals surface area contributed by atoms with Crippen molar-refractivity contribution in [3.05, 3.63) is 12.0 Å². The van der Waals surface area contributed by atoms with Crippen molar-refractivity contribution >= 4 is 16.9 Å². The molecule has 1 N–H and O–H groups in total. The summed E-state index contributed by atoms with van der Waals surface area (Å²) in [5, 5.41) is 14.4. The van der Waals surface area contributed by atoms with E-state index in [1.54, 1.807) is 22.7 Å². The van der Waals surface area contributed by atoms with Gasteiger partial charge >= 0.3 is 6.18 Å². The maximum Gasteiger partial charge on any atom is 0.411 e. The Balaban J connectivity index is 2.30. The third kappa shape index (κ3) is 5.04. The molecule has 10 heteroatoms. The summed E-state index contributed by atoms with van der Waals surface area (Å²) in [7, 11) is 0. The van der Waals surface area contributed by atoms with Crippen LogP contribution in [0.3, 0.4) is 0 Å². The molecule has 0 unspecified atom stereocenters. The van der Waals surface area contributed by atoms with E-state index in [0.29, 0.717) is 22.7 Å². The highest BCUT2D eigenvalue weighted by atomic mass is 19.4. The first-order valence-electron chi connectivity index (χ1n) is 8.26. The molecule has 2 aromatic rings. The molecule has 0 bridgehead atoms. The standard InChI is InChI=1S/C16H24F3N5O2/c1-11-21-13(12-9-20-24(14(12)22-11)15(2,3)4)23(5-7-25)6-8-26-10-16(17,18)19/h9,25H,5-8,10H2,1-4H3. The Hall–Kier alpha value is -1.94. The third-order valence-electron chi connectivity index (χ3n) is 3.60. The number of alkyl halides is 3. The average Bonchev–Trinajstić information content (AvgIpc) is 2.92. The molecule has 2 aromatic heterocycles. The van der Waals surface area contributed by atoms with Gasteiger partial charge in [-0.1, -0.05) is 0 Å². The molecule has 0 saturated heterocycles. The first-order chi connectivity index (χ1) is 12.0. The van der Waals surface area contributed by atoms with Gasteiger partial charge in [-0.3, -0.25) is 0 Å². The van der Waals surface area contributed by atoms with Crippen molar-refractivity contribution in [2.24, 2.45) is 0 Å². The van der Waals surface area contributed by atoms with Crippen molar-refractivity contribution in [1.29, 1.82) is 0 Å². The molecule has 0 atom stereocenters. The lowest BCUT2D eigenvalue weighted by molar-refractivity contribution is -0.173. The van der Waals surface area contributed by atoms with Gasteiger partial charge in [0, 0.05) is 13.1 Å². The topological polar surface area (TPSA) is 76.3 Å². The summed E-state index contributed by atoms with van der Waals surface area (Å²) in [6, 6.07) is 0. The summed E-state index contributed by atoms with van der Waals surface area (Å²) in [6.07, 6.45) is -2.73. The zero-order chi connectivity index (χ0) is 19.5. The maximum atomic E-state index is 12.2. The van der Waals surface area contributed by atoms with Crippen LogP contribution >= 0.6 is 0 Å². The van der Waals surface area contributed by atoms with Crippen molar-refractivity contribution < 1.29 is 23.0 Å². The Bertz CT molecular complexity index is 740. The second-order valence-electron chi connectivity index (χ2n) is 6.94. The van der Waals surface area contributed by atoms with Gasteiger partial charge in [0.1, 0.15) is 18.2 Å². The summed E-state index contributed by atoms with van der Waals surface area (Å²) in [5.74, 6) is 1.03. The SMILES string of the molecule is Cc1nc(N(CCO)CCOCC(F)(F)F)c2cnn(C(C)(C)C)c2n1. The number of hydrogen-bond acceptors (Lipinski definition) is 6. The molecule has 0 aliphatic carbocycles. The number of halogens is 3. The fraction of sp³-hybridized carbons (Fsp3) is 0.688. The molecule has 26 heavy (non-hydrogen) atoms. The van der Waals surface area contributed by atoms with Crippen LogP contribution in [0.25, 0.3) is 11.0 Å². The number of fused-ring (bicyclic) bond motifs is 1. The second kappa shape index (κ2) is 7.75. The first kappa shape index (κ1) is 20.4. The molecule has 2 heterocycles. The van der Waals surface area contributed by atoms with Gasteiger partial charge in [-0.15, -0.1) is 0 Å². The van der Waals surface area contributed by atoms with Gasteiger partial charge in [-0.05, 0) is 27.7 Å². The van der Waals surface area contributed by atoms with Crippen LogP contribution in [0.1, 0.15) is 26.6 Å². The minimum atomic E-state index is -4.37. The van der Waals surface area contributed by atoms with Gasteiger partial charge in [0.25, 0.3) is 0 Å². The summed E-state index contributed by atoms with van der Waals surface area (Å²) in [5.41, 5.74) is 0.344. The number of aliphatic hydroxyl groups is 1. The Morgan fingerprint density at radius 3 is 2.46 bits per heavy atom. The fourth-order valence-electron chi connectivity index (χ4n) is 2.54. The van der Waals surface area contributed by atoms with Crippen LogP contribution in [0.5, 0.6) is 0 Å². The van der Waals surface area contributed by atoms with Crippen molar-refractivity contribution in [1.82, 2.24) is 19.7 Å².